The first-order chi connectivity index (χ1) is 7.95. The summed E-state index contributed by atoms with van der Waals surface area (Å²) in [7, 11) is 1.20. The van der Waals surface area contributed by atoms with Crippen LogP contribution >= 0.6 is 0 Å². The van der Waals surface area contributed by atoms with Gasteiger partial charge in [-0.3, -0.25) is 19.2 Å². The molecule has 0 atom stereocenters. The van der Waals surface area contributed by atoms with Crippen LogP contribution < -0.4 is 10.6 Å². The van der Waals surface area contributed by atoms with Gasteiger partial charge in [0.15, 0.2) is 0 Å². The van der Waals surface area contributed by atoms with Gasteiger partial charge in [0, 0.05) is 19.9 Å². The smallest absolute Gasteiger partial charge is 0.313 e. The number of carbonyl (C=O) groups is 4. The summed E-state index contributed by atoms with van der Waals surface area (Å²) in [5.41, 5.74) is 0. The molecule has 0 saturated heterocycles. The number of hydrogen-bond donors (Lipinski definition) is 2. The Morgan fingerprint density at radius 3 is 2.29 bits per heavy atom. The van der Waals surface area contributed by atoms with Crippen LogP contribution in [0.3, 0.4) is 0 Å². The first-order valence-corrected chi connectivity index (χ1v) is 5.05. The summed E-state index contributed by atoms with van der Waals surface area (Å²) >= 11 is 0. The highest BCUT2D eigenvalue weighted by Crippen LogP contribution is 1.91. The molecule has 17 heavy (non-hydrogen) atoms. The summed E-state index contributed by atoms with van der Waals surface area (Å²) in [6.07, 6.45) is -0.237. The monoisotopic (exact) mass is 244 g/mol. The summed E-state index contributed by atoms with van der Waals surface area (Å²) in [6, 6.07) is 0. The fraction of sp³-hybridized carbons (Fsp3) is 0.600. The van der Waals surface area contributed by atoms with E-state index in [0.29, 0.717) is 0 Å². The highest BCUT2D eigenvalue weighted by Gasteiger charge is 2.09. The Morgan fingerprint density at radius 2 is 1.76 bits per heavy atom. The molecule has 0 bridgehead atoms. The van der Waals surface area contributed by atoms with Crippen LogP contribution in [0.15, 0.2) is 0 Å². The lowest BCUT2D eigenvalue weighted by Crippen LogP contribution is -2.36. The van der Waals surface area contributed by atoms with Crippen molar-refractivity contribution in [2.45, 2.75) is 19.8 Å². The maximum Gasteiger partial charge on any atom is 0.313 e. The fourth-order valence-corrected chi connectivity index (χ4v) is 0.930. The Morgan fingerprint density at radius 1 is 1.12 bits per heavy atom. The number of carbonyl (C=O) groups excluding carboxylic acids is 4. The molecule has 0 saturated carbocycles. The topological polar surface area (TPSA) is 102 Å². The SMILES string of the molecule is COC(=O)CC(=O)CCNC(=O)CNC(C)=O. The van der Waals surface area contributed by atoms with Crippen LogP contribution in [0.4, 0.5) is 0 Å². The van der Waals surface area contributed by atoms with Crippen LogP contribution in [-0.4, -0.2) is 43.8 Å². The average Bonchev–Trinajstić information content (AvgIpc) is 2.26. The van der Waals surface area contributed by atoms with Gasteiger partial charge in [-0.15, -0.1) is 0 Å². The fourth-order valence-electron chi connectivity index (χ4n) is 0.930. The first-order valence-electron chi connectivity index (χ1n) is 5.05. The zero-order chi connectivity index (χ0) is 13.3. The van der Waals surface area contributed by atoms with Crippen LogP contribution in [0.5, 0.6) is 0 Å². The van der Waals surface area contributed by atoms with Crippen LogP contribution in [0.25, 0.3) is 0 Å². The molecule has 0 radical (unpaired) electrons. The van der Waals surface area contributed by atoms with Gasteiger partial charge in [-0.25, -0.2) is 0 Å². The summed E-state index contributed by atoms with van der Waals surface area (Å²) in [5.74, 6) is -1.59. The van der Waals surface area contributed by atoms with Gasteiger partial charge in [-0.05, 0) is 0 Å². The van der Waals surface area contributed by atoms with Gasteiger partial charge in [0.1, 0.15) is 12.2 Å². The lowest BCUT2D eigenvalue weighted by molar-refractivity contribution is -0.143. The molecule has 0 aliphatic carbocycles. The number of rotatable bonds is 7. The third-order valence-electron chi connectivity index (χ3n) is 1.79. The van der Waals surface area contributed by atoms with E-state index in [2.05, 4.69) is 15.4 Å². The van der Waals surface area contributed by atoms with E-state index < -0.39 is 5.97 Å². The van der Waals surface area contributed by atoms with Gasteiger partial charge in [0.25, 0.3) is 0 Å². The third kappa shape index (κ3) is 9.04. The van der Waals surface area contributed by atoms with E-state index in [1.807, 2.05) is 0 Å². The molecule has 0 aromatic carbocycles. The standard InChI is InChI=1S/C10H16N2O5/c1-7(13)12-6-9(15)11-4-3-8(14)5-10(16)17-2/h3-6H2,1-2H3,(H,11,15)(H,12,13). The van der Waals surface area contributed by atoms with Crippen molar-refractivity contribution < 1.29 is 23.9 Å². The van der Waals surface area contributed by atoms with Crippen LogP contribution in [0.1, 0.15) is 19.8 Å². The van der Waals surface area contributed by atoms with E-state index in [-0.39, 0.29) is 43.5 Å². The van der Waals surface area contributed by atoms with Crippen molar-refractivity contribution in [1.29, 1.82) is 0 Å². The number of ether oxygens (including phenoxy) is 1. The Kier molecular flexibility index (Phi) is 7.32. The van der Waals surface area contributed by atoms with E-state index in [4.69, 9.17) is 0 Å². The van der Waals surface area contributed by atoms with Gasteiger partial charge < -0.3 is 15.4 Å². The van der Waals surface area contributed by atoms with Crippen LogP contribution in [0, 0.1) is 0 Å². The molecular weight excluding hydrogens is 228 g/mol. The van der Waals surface area contributed by atoms with Crippen molar-refractivity contribution in [3.63, 3.8) is 0 Å². The van der Waals surface area contributed by atoms with Crippen molar-refractivity contribution in [3.8, 4) is 0 Å². The number of amides is 2. The van der Waals surface area contributed by atoms with Crippen molar-refractivity contribution in [3.05, 3.63) is 0 Å². The van der Waals surface area contributed by atoms with Crippen molar-refractivity contribution in [2.75, 3.05) is 20.2 Å². The maximum atomic E-state index is 11.1. The van der Waals surface area contributed by atoms with E-state index in [0.717, 1.165) is 0 Å². The van der Waals surface area contributed by atoms with Crippen molar-refractivity contribution in [2.24, 2.45) is 0 Å². The van der Waals surface area contributed by atoms with Gasteiger partial charge in [0.2, 0.25) is 11.8 Å². The predicted octanol–water partition coefficient (Wildman–Crippen LogP) is -1.24. The molecule has 0 fully saturated rings. The van der Waals surface area contributed by atoms with Crippen molar-refractivity contribution in [1.82, 2.24) is 10.6 Å². The molecule has 7 nitrogen and oxygen atoms in total. The second-order valence-electron chi connectivity index (χ2n) is 3.30. The van der Waals surface area contributed by atoms with Crippen molar-refractivity contribution >= 4 is 23.6 Å². The number of hydrogen-bond acceptors (Lipinski definition) is 5. The van der Waals surface area contributed by atoms with E-state index in [1.54, 1.807) is 0 Å². The Hall–Kier alpha value is -1.92. The Bertz CT molecular complexity index is 314. The summed E-state index contributed by atoms with van der Waals surface area (Å²) in [4.78, 5) is 43.4. The third-order valence-corrected chi connectivity index (χ3v) is 1.79. The lowest BCUT2D eigenvalue weighted by Gasteiger charge is -2.04. The summed E-state index contributed by atoms with van der Waals surface area (Å²) in [5, 5.41) is 4.75. The van der Waals surface area contributed by atoms with E-state index in [1.165, 1.54) is 14.0 Å². The zero-order valence-electron chi connectivity index (χ0n) is 9.87. The normalized spacial score (nSPS) is 9.29. The quantitative estimate of drug-likeness (QED) is 0.431. The van der Waals surface area contributed by atoms with Crippen LogP contribution in [0.2, 0.25) is 0 Å². The molecule has 96 valence electrons. The molecule has 0 rings (SSSR count). The molecular formula is C10H16N2O5. The number of nitrogens with one attached hydrogen (secondary N) is 2. The molecule has 0 unspecified atom stereocenters. The Labute approximate surface area is 98.9 Å². The van der Waals surface area contributed by atoms with E-state index >= 15 is 0 Å². The lowest BCUT2D eigenvalue weighted by atomic mass is 10.2. The second kappa shape index (κ2) is 8.26. The minimum absolute atomic E-state index is 0.0565. The molecule has 2 N–H and O–H groups in total. The minimum Gasteiger partial charge on any atom is -0.469 e. The zero-order valence-corrected chi connectivity index (χ0v) is 9.87. The number of ketones is 1. The summed E-state index contributed by atoms with van der Waals surface area (Å²) < 4.78 is 4.32. The first kappa shape index (κ1) is 15.1. The average molecular weight is 244 g/mol. The van der Waals surface area contributed by atoms with Gasteiger partial charge in [-0.2, -0.15) is 0 Å². The number of Topliss-reactive ketones (excluding diaryl/α,β-unsaturated/α-hetero) is 1. The highest BCUT2D eigenvalue weighted by atomic mass is 16.5. The molecule has 0 aromatic rings. The molecule has 2 amide bonds. The molecule has 0 aromatic heterocycles. The van der Waals surface area contributed by atoms with Gasteiger partial charge in [-0.1, -0.05) is 0 Å². The largest absolute Gasteiger partial charge is 0.469 e. The van der Waals surface area contributed by atoms with Gasteiger partial charge >= 0.3 is 5.97 Å². The molecule has 0 spiro atoms. The summed E-state index contributed by atoms with van der Waals surface area (Å²) in [6.45, 7) is 1.31. The molecule has 0 heterocycles. The highest BCUT2D eigenvalue weighted by molar-refractivity contribution is 5.95. The number of methoxy groups -OCH3 is 1. The predicted molar refractivity (Wildman–Crippen MR) is 58.0 cm³/mol. The van der Waals surface area contributed by atoms with Crippen LogP contribution in [-0.2, 0) is 23.9 Å². The van der Waals surface area contributed by atoms with Gasteiger partial charge in [0.05, 0.1) is 13.7 Å². The van der Waals surface area contributed by atoms with E-state index in [9.17, 15) is 19.2 Å². The molecule has 0 aliphatic heterocycles. The second-order valence-corrected chi connectivity index (χ2v) is 3.30. The molecule has 0 aliphatic rings. The minimum atomic E-state index is -0.598. The maximum absolute atomic E-state index is 11.1. The molecule has 7 heteroatoms. The Balaban J connectivity index is 3.62. The number of esters is 1.